The lowest BCUT2D eigenvalue weighted by Crippen LogP contribution is -2.43. The van der Waals surface area contributed by atoms with Crippen molar-refractivity contribution in [2.45, 2.75) is 32.9 Å². The number of H-pyrrole nitrogens is 1. The lowest BCUT2D eigenvalue weighted by Gasteiger charge is -2.29. The second-order valence-corrected chi connectivity index (χ2v) is 5.46. The molecule has 1 amide bonds. The van der Waals surface area contributed by atoms with Crippen molar-refractivity contribution in [1.29, 1.82) is 0 Å². The predicted octanol–water partition coefficient (Wildman–Crippen LogP) is 2.07. The molecule has 110 valence electrons. The third-order valence-electron chi connectivity index (χ3n) is 3.79. The fourth-order valence-corrected chi connectivity index (χ4v) is 2.54. The van der Waals surface area contributed by atoms with Crippen LogP contribution in [0.4, 0.5) is 0 Å². The van der Waals surface area contributed by atoms with Gasteiger partial charge >= 0.3 is 0 Å². The number of aromatic nitrogens is 2. The average molecular weight is 285 g/mol. The number of amides is 1. The van der Waals surface area contributed by atoms with Crippen molar-refractivity contribution in [3.63, 3.8) is 0 Å². The molecule has 1 aliphatic heterocycles. The van der Waals surface area contributed by atoms with Crippen LogP contribution in [0.5, 0.6) is 5.75 Å². The van der Waals surface area contributed by atoms with Gasteiger partial charge in [0.05, 0.1) is 6.20 Å². The Kier molecular flexibility index (Phi) is 3.64. The van der Waals surface area contributed by atoms with Gasteiger partial charge < -0.3 is 9.64 Å². The lowest BCUT2D eigenvalue weighted by molar-refractivity contribution is -0.138. The first-order valence-corrected chi connectivity index (χ1v) is 7.16. The minimum absolute atomic E-state index is 0.0161. The maximum absolute atomic E-state index is 12.5. The number of ether oxygens (including phenoxy) is 1. The van der Waals surface area contributed by atoms with Crippen LogP contribution in [0.1, 0.15) is 23.7 Å². The average Bonchev–Trinajstić information content (AvgIpc) is 2.96. The van der Waals surface area contributed by atoms with E-state index >= 15 is 0 Å². The van der Waals surface area contributed by atoms with E-state index in [4.69, 9.17) is 4.74 Å². The van der Waals surface area contributed by atoms with Gasteiger partial charge in [-0.1, -0.05) is 17.7 Å². The number of aryl methyl sites for hydroxylation is 1. The van der Waals surface area contributed by atoms with E-state index in [1.165, 1.54) is 5.56 Å². The van der Waals surface area contributed by atoms with Gasteiger partial charge in [0.2, 0.25) is 0 Å². The Morgan fingerprint density at radius 3 is 2.90 bits per heavy atom. The quantitative estimate of drug-likeness (QED) is 0.939. The Morgan fingerprint density at radius 2 is 2.14 bits per heavy atom. The van der Waals surface area contributed by atoms with Crippen LogP contribution in [0.3, 0.4) is 0 Å². The Bertz CT molecular complexity index is 633. The zero-order valence-electron chi connectivity index (χ0n) is 12.3. The Balaban J connectivity index is 1.64. The highest BCUT2D eigenvalue weighted by Gasteiger charge is 2.26. The number of hydrogen-bond acceptors (Lipinski definition) is 3. The van der Waals surface area contributed by atoms with Gasteiger partial charge in [-0.25, -0.2) is 0 Å². The second kappa shape index (κ2) is 5.60. The van der Waals surface area contributed by atoms with Gasteiger partial charge in [-0.3, -0.25) is 9.89 Å². The highest BCUT2D eigenvalue weighted by molar-refractivity contribution is 5.81. The molecule has 1 aliphatic rings. The smallest absolute Gasteiger partial charge is 0.263 e. The van der Waals surface area contributed by atoms with Gasteiger partial charge in [-0.2, -0.15) is 5.10 Å². The van der Waals surface area contributed by atoms with E-state index in [-0.39, 0.29) is 5.91 Å². The van der Waals surface area contributed by atoms with Crippen LogP contribution in [0.2, 0.25) is 0 Å². The maximum Gasteiger partial charge on any atom is 0.263 e. The Morgan fingerprint density at radius 1 is 1.38 bits per heavy atom. The van der Waals surface area contributed by atoms with Gasteiger partial charge in [0.1, 0.15) is 5.75 Å². The molecule has 3 rings (SSSR count). The standard InChI is InChI=1S/C16H19N3O2/c1-11-3-5-14(6-4-11)21-12(2)16(20)19-8-7-15-13(10-19)9-17-18-15/h3-6,9,12H,7-8,10H2,1-2H3,(H,17,18)/t12-/m0/s1. The topological polar surface area (TPSA) is 58.2 Å². The molecule has 0 bridgehead atoms. The van der Waals surface area contributed by atoms with Crippen molar-refractivity contribution >= 4 is 5.91 Å². The molecule has 0 radical (unpaired) electrons. The SMILES string of the molecule is Cc1ccc(O[C@@H](C)C(=O)N2CCc3[nH]ncc3C2)cc1. The number of nitrogens with zero attached hydrogens (tertiary/aromatic N) is 2. The Labute approximate surface area is 123 Å². The summed E-state index contributed by atoms with van der Waals surface area (Å²) in [6, 6.07) is 7.74. The first kappa shape index (κ1) is 13.7. The minimum Gasteiger partial charge on any atom is -0.481 e. The van der Waals surface area contributed by atoms with Crippen molar-refractivity contribution in [3.8, 4) is 5.75 Å². The molecule has 0 aliphatic carbocycles. The molecule has 0 unspecified atom stereocenters. The van der Waals surface area contributed by atoms with Crippen molar-refractivity contribution in [3.05, 3.63) is 47.3 Å². The molecule has 1 atom stereocenters. The summed E-state index contributed by atoms with van der Waals surface area (Å²) in [5, 5.41) is 7.00. The van der Waals surface area contributed by atoms with Crippen molar-refractivity contribution in [2.75, 3.05) is 6.54 Å². The highest BCUT2D eigenvalue weighted by Crippen LogP contribution is 2.19. The Hall–Kier alpha value is -2.30. The molecule has 2 heterocycles. The summed E-state index contributed by atoms with van der Waals surface area (Å²) >= 11 is 0. The number of carbonyl (C=O) groups excluding carboxylic acids is 1. The van der Waals surface area contributed by atoms with E-state index in [1.54, 1.807) is 13.1 Å². The summed E-state index contributed by atoms with van der Waals surface area (Å²) in [4.78, 5) is 14.3. The summed E-state index contributed by atoms with van der Waals surface area (Å²) in [5.74, 6) is 0.741. The molecule has 1 aromatic carbocycles. The van der Waals surface area contributed by atoms with Crippen LogP contribution in [0.15, 0.2) is 30.5 Å². The fraction of sp³-hybridized carbons (Fsp3) is 0.375. The summed E-state index contributed by atoms with van der Waals surface area (Å²) in [6.07, 6.45) is 2.12. The predicted molar refractivity (Wildman–Crippen MR) is 79.0 cm³/mol. The number of rotatable bonds is 3. The molecular formula is C16H19N3O2. The lowest BCUT2D eigenvalue weighted by atomic mass is 10.1. The first-order valence-electron chi connectivity index (χ1n) is 7.16. The van der Waals surface area contributed by atoms with Crippen LogP contribution < -0.4 is 4.74 Å². The molecule has 5 nitrogen and oxygen atoms in total. The van der Waals surface area contributed by atoms with E-state index < -0.39 is 6.10 Å². The van der Waals surface area contributed by atoms with Gasteiger partial charge in [0.25, 0.3) is 5.91 Å². The number of fused-ring (bicyclic) bond motifs is 1. The van der Waals surface area contributed by atoms with Crippen molar-refractivity contribution in [2.24, 2.45) is 0 Å². The zero-order valence-corrected chi connectivity index (χ0v) is 12.3. The summed E-state index contributed by atoms with van der Waals surface area (Å²) in [5.41, 5.74) is 3.40. The molecule has 1 N–H and O–H groups in total. The summed E-state index contributed by atoms with van der Waals surface area (Å²) < 4.78 is 5.74. The van der Waals surface area contributed by atoms with Crippen LogP contribution in [-0.2, 0) is 17.8 Å². The molecule has 1 aromatic heterocycles. The first-order chi connectivity index (χ1) is 10.1. The van der Waals surface area contributed by atoms with E-state index in [2.05, 4.69) is 10.2 Å². The molecule has 2 aromatic rings. The molecule has 5 heteroatoms. The summed E-state index contributed by atoms with van der Waals surface area (Å²) in [7, 11) is 0. The van der Waals surface area contributed by atoms with Crippen LogP contribution in [-0.4, -0.2) is 33.7 Å². The zero-order chi connectivity index (χ0) is 14.8. The number of carbonyl (C=O) groups is 1. The van der Waals surface area contributed by atoms with Crippen LogP contribution in [0, 0.1) is 6.92 Å². The number of aromatic amines is 1. The molecule has 0 saturated carbocycles. The number of nitrogens with one attached hydrogen (secondary N) is 1. The highest BCUT2D eigenvalue weighted by atomic mass is 16.5. The van der Waals surface area contributed by atoms with Crippen molar-refractivity contribution in [1.82, 2.24) is 15.1 Å². The normalized spacial score (nSPS) is 15.4. The largest absolute Gasteiger partial charge is 0.481 e. The number of benzene rings is 1. The second-order valence-electron chi connectivity index (χ2n) is 5.46. The fourth-order valence-electron chi connectivity index (χ4n) is 2.54. The third kappa shape index (κ3) is 2.91. The van der Waals surface area contributed by atoms with E-state index in [0.29, 0.717) is 13.1 Å². The van der Waals surface area contributed by atoms with E-state index in [1.807, 2.05) is 36.1 Å². The molecular weight excluding hydrogens is 266 g/mol. The minimum atomic E-state index is -0.485. The van der Waals surface area contributed by atoms with E-state index in [9.17, 15) is 4.79 Å². The van der Waals surface area contributed by atoms with Gasteiger partial charge in [0, 0.05) is 30.8 Å². The van der Waals surface area contributed by atoms with Crippen LogP contribution >= 0.6 is 0 Å². The molecule has 0 saturated heterocycles. The monoisotopic (exact) mass is 285 g/mol. The third-order valence-corrected chi connectivity index (χ3v) is 3.79. The maximum atomic E-state index is 12.5. The number of hydrogen-bond donors (Lipinski definition) is 1. The molecule has 0 spiro atoms. The van der Waals surface area contributed by atoms with Crippen molar-refractivity contribution < 1.29 is 9.53 Å². The van der Waals surface area contributed by atoms with E-state index in [0.717, 1.165) is 23.4 Å². The van der Waals surface area contributed by atoms with Gasteiger partial charge in [0.15, 0.2) is 6.10 Å². The molecule has 21 heavy (non-hydrogen) atoms. The molecule has 0 fully saturated rings. The van der Waals surface area contributed by atoms with Gasteiger partial charge in [-0.15, -0.1) is 0 Å². The van der Waals surface area contributed by atoms with Crippen LogP contribution in [0.25, 0.3) is 0 Å². The van der Waals surface area contributed by atoms with Gasteiger partial charge in [-0.05, 0) is 26.0 Å². The summed E-state index contributed by atoms with van der Waals surface area (Å²) in [6.45, 7) is 5.13.